The largest absolute Gasteiger partial charge is 0.480 e. The molecule has 0 atom stereocenters. The van der Waals surface area contributed by atoms with Gasteiger partial charge in [-0.05, 0) is 44.5 Å². The van der Waals surface area contributed by atoms with Crippen LogP contribution in [0, 0.1) is 12.7 Å². The molecule has 0 radical (unpaired) electrons. The lowest BCUT2D eigenvalue weighted by atomic mass is 10.1. The summed E-state index contributed by atoms with van der Waals surface area (Å²) in [5.41, 5.74) is 2.91. The number of rotatable bonds is 11. The van der Waals surface area contributed by atoms with Crippen molar-refractivity contribution in [1.82, 2.24) is 24.9 Å². The average Bonchev–Trinajstić information content (AvgIpc) is 3.36. The average molecular weight is 609 g/mol. The summed E-state index contributed by atoms with van der Waals surface area (Å²) in [5.74, 6) is -0.234. The first kappa shape index (κ1) is 29.8. The Bertz CT molecular complexity index is 1780. The van der Waals surface area contributed by atoms with Crippen LogP contribution < -0.4 is 19.5 Å². The third-order valence-electron chi connectivity index (χ3n) is 6.01. The van der Waals surface area contributed by atoms with E-state index in [1.54, 1.807) is 19.9 Å². The van der Waals surface area contributed by atoms with Gasteiger partial charge in [0.15, 0.2) is 5.82 Å². The summed E-state index contributed by atoms with van der Waals surface area (Å²) < 4.78 is 36.1. The van der Waals surface area contributed by atoms with Crippen LogP contribution in [0.25, 0.3) is 32.0 Å². The molecule has 0 aliphatic heterocycles. The Kier molecular flexibility index (Phi) is 8.78. The number of nitrogens with one attached hydrogen (secondary N) is 1. The maximum Gasteiger partial charge on any atom is 0.411 e. The summed E-state index contributed by atoms with van der Waals surface area (Å²) >= 11 is 1.27. The predicted octanol–water partition coefficient (Wildman–Crippen LogP) is 5.32. The number of aromatic nitrogens is 5. The maximum absolute atomic E-state index is 14.8. The van der Waals surface area contributed by atoms with Crippen LogP contribution in [0.3, 0.4) is 0 Å². The van der Waals surface area contributed by atoms with Gasteiger partial charge in [-0.1, -0.05) is 11.3 Å². The molecule has 0 aliphatic carbocycles. The summed E-state index contributed by atoms with van der Waals surface area (Å²) in [5, 5.41) is 13.0. The highest BCUT2D eigenvalue weighted by Gasteiger charge is 2.17. The maximum atomic E-state index is 14.8. The minimum absolute atomic E-state index is 0.129. The molecule has 224 valence electrons. The lowest BCUT2D eigenvalue weighted by molar-refractivity contribution is 0.0547. The number of thiazole rings is 1. The molecule has 1 amide bonds. The molecule has 12 nitrogen and oxygen atoms in total. The predicted molar refractivity (Wildman–Crippen MR) is 158 cm³/mol. The van der Waals surface area contributed by atoms with Crippen molar-refractivity contribution in [3.63, 3.8) is 0 Å². The second kappa shape index (κ2) is 12.7. The van der Waals surface area contributed by atoms with Gasteiger partial charge in [-0.2, -0.15) is 4.98 Å². The van der Waals surface area contributed by atoms with Gasteiger partial charge in [-0.25, -0.2) is 29.1 Å². The Morgan fingerprint density at radius 2 is 1.86 bits per heavy atom. The smallest absolute Gasteiger partial charge is 0.411 e. The topological polar surface area (TPSA) is 151 Å². The van der Waals surface area contributed by atoms with E-state index in [-0.39, 0.29) is 31.6 Å². The molecular weight excluding hydrogens is 579 g/mol. The van der Waals surface area contributed by atoms with Gasteiger partial charge in [-0.3, -0.25) is 5.32 Å². The van der Waals surface area contributed by atoms with Crippen LogP contribution in [0.1, 0.15) is 25.8 Å². The molecule has 14 heteroatoms. The Morgan fingerprint density at radius 1 is 1.02 bits per heavy atom. The van der Waals surface area contributed by atoms with E-state index in [1.165, 1.54) is 43.0 Å². The summed E-state index contributed by atoms with van der Waals surface area (Å²) in [7, 11) is 1.53. The van der Waals surface area contributed by atoms with Crippen molar-refractivity contribution in [3.8, 4) is 28.2 Å². The van der Waals surface area contributed by atoms with Crippen molar-refractivity contribution in [2.75, 3.05) is 32.2 Å². The molecule has 0 fully saturated rings. The number of anilines is 1. The van der Waals surface area contributed by atoms with Crippen molar-refractivity contribution >= 4 is 44.5 Å². The fourth-order valence-corrected chi connectivity index (χ4v) is 4.88. The number of halogens is 1. The highest BCUT2D eigenvalue weighted by Crippen LogP contribution is 2.35. The quantitative estimate of drug-likeness (QED) is 0.188. The number of benzene rings is 1. The molecule has 0 bridgehead atoms. The number of amides is 1. The van der Waals surface area contributed by atoms with Crippen molar-refractivity contribution in [3.05, 3.63) is 54.1 Å². The molecule has 5 rings (SSSR count). The van der Waals surface area contributed by atoms with Crippen molar-refractivity contribution < 1.29 is 33.2 Å². The number of pyridine rings is 2. The number of hydrogen-bond donors (Lipinski definition) is 2. The number of ether oxygens (including phenoxy) is 4. The fourth-order valence-electron chi connectivity index (χ4n) is 3.95. The van der Waals surface area contributed by atoms with E-state index in [1.807, 2.05) is 19.1 Å². The molecule has 5 aromatic rings. The summed E-state index contributed by atoms with van der Waals surface area (Å²) in [6.07, 6.45) is 2.68. The Hall–Kier alpha value is -4.69. The van der Waals surface area contributed by atoms with E-state index in [2.05, 4.69) is 30.2 Å². The van der Waals surface area contributed by atoms with Crippen molar-refractivity contribution in [2.24, 2.45) is 0 Å². The SMILES string of the molecule is COc1cnc2c(-c3nc4cc(F)c(OCCOC(=O)Nc5ccnc(OCCC(C)(C)O)c5)nc4s3)cc(C)cc2n1. The summed E-state index contributed by atoms with van der Waals surface area (Å²) in [6, 6.07) is 8.19. The zero-order valence-electron chi connectivity index (χ0n) is 23.9. The molecule has 2 N–H and O–H groups in total. The number of nitrogens with zero attached hydrogens (tertiary/aromatic N) is 5. The number of hydrogen-bond acceptors (Lipinski definition) is 12. The van der Waals surface area contributed by atoms with Crippen LogP contribution in [-0.2, 0) is 4.74 Å². The van der Waals surface area contributed by atoms with E-state index in [0.717, 1.165) is 11.1 Å². The van der Waals surface area contributed by atoms with E-state index in [0.29, 0.717) is 44.4 Å². The van der Waals surface area contributed by atoms with Gasteiger partial charge >= 0.3 is 6.09 Å². The minimum Gasteiger partial charge on any atom is -0.480 e. The molecule has 0 saturated heterocycles. The van der Waals surface area contributed by atoms with E-state index < -0.39 is 17.5 Å². The molecule has 0 spiro atoms. The number of aliphatic hydroxyl groups is 1. The lowest BCUT2D eigenvalue weighted by Gasteiger charge is -2.16. The van der Waals surface area contributed by atoms with Gasteiger partial charge < -0.3 is 24.1 Å². The van der Waals surface area contributed by atoms with E-state index in [9.17, 15) is 14.3 Å². The van der Waals surface area contributed by atoms with Crippen LogP contribution in [-0.4, -0.2) is 68.7 Å². The van der Waals surface area contributed by atoms with Crippen LogP contribution in [0.15, 0.2) is 42.7 Å². The van der Waals surface area contributed by atoms with Crippen molar-refractivity contribution in [2.45, 2.75) is 32.8 Å². The highest BCUT2D eigenvalue weighted by molar-refractivity contribution is 7.21. The van der Waals surface area contributed by atoms with Gasteiger partial charge in [0.05, 0.1) is 42.2 Å². The monoisotopic (exact) mass is 608 g/mol. The zero-order valence-corrected chi connectivity index (χ0v) is 24.7. The van der Waals surface area contributed by atoms with Crippen molar-refractivity contribution in [1.29, 1.82) is 0 Å². The van der Waals surface area contributed by atoms with Gasteiger partial charge in [-0.15, -0.1) is 0 Å². The Morgan fingerprint density at radius 3 is 2.65 bits per heavy atom. The van der Waals surface area contributed by atoms with Gasteiger partial charge in [0, 0.05) is 30.3 Å². The van der Waals surface area contributed by atoms with Crippen LogP contribution >= 0.6 is 11.3 Å². The molecule has 4 aromatic heterocycles. The molecule has 0 aliphatic rings. The van der Waals surface area contributed by atoms with Crippen LogP contribution in [0.5, 0.6) is 17.6 Å². The molecule has 4 heterocycles. The van der Waals surface area contributed by atoms with Crippen LogP contribution in [0.4, 0.5) is 14.9 Å². The Labute approximate surface area is 249 Å². The summed E-state index contributed by atoms with van der Waals surface area (Å²) in [4.78, 5) is 34.6. The number of carbonyl (C=O) groups is 1. The first-order valence-electron chi connectivity index (χ1n) is 13.2. The third-order valence-corrected chi connectivity index (χ3v) is 7.01. The summed E-state index contributed by atoms with van der Waals surface area (Å²) in [6.45, 7) is 5.28. The number of fused-ring (bicyclic) bond motifs is 2. The van der Waals surface area contributed by atoms with Gasteiger partial charge in [0.1, 0.15) is 28.6 Å². The zero-order chi connectivity index (χ0) is 30.6. The van der Waals surface area contributed by atoms with E-state index in [4.69, 9.17) is 18.9 Å². The first-order valence-corrected chi connectivity index (χ1v) is 14.1. The lowest BCUT2D eigenvalue weighted by Crippen LogP contribution is -2.22. The third kappa shape index (κ3) is 7.59. The van der Waals surface area contributed by atoms with Gasteiger partial charge in [0.25, 0.3) is 5.88 Å². The Balaban J connectivity index is 1.19. The normalized spacial score (nSPS) is 11.5. The second-order valence-corrected chi connectivity index (χ2v) is 11.1. The van der Waals surface area contributed by atoms with Gasteiger partial charge in [0.2, 0.25) is 11.8 Å². The minimum atomic E-state index is -0.864. The number of carbonyl (C=O) groups excluding carboxylic acids is 1. The first-order chi connectivity index (χ1) is 20.6. The standard InChI is InChI=1S/C29H29FN6O6S/c1-16-11-18(24-20(12-16)34-23(39-4)15-32-24)26-35-21-14-19(30)25(36-27(21)43-26)41-9-10-42-28(37)33-17-5-7-31-22(13-17)40-8-6-29(2,3)38/h5,7,11-15,38H,6,8-10H2,1-4H3,(H,31,33,37). The molecule has 0 unspecified atom stereocenters. The number of aryl methyl sites for hydroxylation is 1. The highest BCUT2D eigenvalue weighted by atomic mass is 32.1. The molecular formula is C29H29FN6O6S. The fraction of sp³-hybridized carbons (Fsp3) is 0.310. The van der Waals surface area contributed by atoms with Crippen LogP contribution in [0.2, 0.25) is 0 Å². The van der Waals surface area contributed by atoms with E-state index >= 15 is 0 Å². The molecule has 0 saturated carbocycles. The number of methoxy groups -OCH3 is 1. The molecule has 43 heavy (non-hydrogen) atoms. The molecule has 1 aromatic carbocycles. The second-order valence-electron chi connectivity index (χ2n) is 10.1.